The van der Waals surface area contributed by atoms with E-state index in [1.165, 1.54) is 16.5 Å². The molecule has 5 aromatic carbocycles. The van der Waals surface area contributed by atoms with Crippen molar-refractivity contribution in [1.29, 1.82) is 0 Å². The summed E-state index contributed by atoms with van der Waals surface area (Å²) in [5.41, 5.74) is 12.6. The van der Waals surface area contributed by atoms with Crippen LogP contribution in [-0.2, 0) is 0 Å². The Labute approximate surface area is 222 Å². The number of nitrogens with zero attached hydrogens (tertiary/aromatic N) is 5. The highest BCUT2D eigenvalue weighted by Gasteiger charge is 2.24. The second-order valence-corrected chi connectivity index (χ2v) is 9.96. The molecule has 182 valence electrons. The van der Waals surface area contributed by atoms with Gasteiger partial charge >= 0.3 is 0 Å². The maximum Gasteiger partial charge on any atom is 0.183 e. The summed E-state index contributed by atoms with van der Waals surface area (Å²) in [5.74, 6) is 0. The van der Waals surface area contributed by atoms with Crippen molar-refractivity contribution in [3.05, 3.63) is 127 Å². The summed E-state index contributed by atoms with van der Waals surface area (Å²) in [6, 6.07) is 44.7. The second kappa shape index (κ2) is 7.55. The summed E-state index contributed by atoms with van der Waals surface area (Å²) in [5, 5.41) is 1.17. The molecule has 0 atom stereocenters. The minimum atomic E-state index is 0.850. The maximum absolute atomic E-state index is 5.13. The first-order valence-corrected chi connectivity index (χ1v) is 13.1. The molecule has 0 aliphatic heterocycles. The van der Waals surface area contributed by atoms with Gasteiger partial charge in [0.1, 0.15) is 5.65 Å². The minimum Gasteiger partial charge on any atom is -0.294 e. The molecule has 0 radical (unpaired) electrons. The number of hydrogen-bond donors (Lipinski definition) is 0. The second-order valence-electron chi connectivity index (χ2n) is 9.96. The number of fused-ring (bicyclic) bond motifs is 12. The van der Waals surface area contributed by atoms with Crippen molar-refractivity contribution in [2.75, 3.05) is 0 Å². The molecular weight excluding hydrogens is 478 g/mol. The van der Waals surface area contributed by atoms with Crippen molar-refractivity contribution >= 4 is 55.4 Å². The molecule has 9 rings (SSSR count). The van der Waals surface area contributed by atoms with Gasteiger partial charge in [-0.1, -0.05) is 84.9 Å². The third-order valence-electron chi connectivity index (χ3n) is 7.79. The zero-order chi connectivity index (χ0) is 25.5. The molecule has 4 heterocycles. The Morgan fingerprint density at radius 2 is 1.05 bits per heavy atom. The number of hydrogen-bond acceptors (Lipinski definition) is 2. The lowest BCUT2D eigenvalue weighted by Gasteiger charge is -2.12. The van der Waals surface area contributed by atoms with Crippen molar-refractivity contribution in [3.63, 3.8) is 0 Å². The van der Waals surface area contributed by atoms with E-state index >= 15 is 0 Å². The van der Waals surface area contributed by atoms with Gasteiger partial charge in [0.05, 0.1) is 33.1 Å². The SMILES string of the molecule is c1ccc(-c2cccc(-n3c4ccccc4c4c3n3c5ccccc5nc3c3nc5ccccc5n34)c2)cc1. The predicted octanol–water partition coefficient (Wildman–Crippen LogP) is 8.05. The van der Waals surface area contributed by atoms with E-state index in [4.69, 9.17) is 9.97 Å². The highest BCUT2D eigenvalue weighted by atomic mass is 15.2. The smallest absolute Gasteiger partial charge is 0.183 e. The van der Waals surface area contributed by atoms with E-state index in [-0.39, 0.29) is 0 Å². The van der Waals surface area contributed by atoms with Gasteiger partial charge in [0, 0.05) is 11.1 Å². The Morgan fingerprint density at radius 1 is 0.462 bits per heavy atom. The fourth-order valence-electron chi connectivity index (χ4n) is 6.14. The van der Waals surface area contributed by atoms with Gasteiger partial charge in [-0.05, 0) is 53.6 Å². The van der Waals surface area contributed by atoms with Crippen molar-refractivity contribution in [3.8, 4) is 16.8 Å². The Balaban J connectivity index is 1.56. The molecule has 0 aliphatic carbocycles. The van der Waals surface area contributed by atoms with Crippen molar-refractivity contribution in [2.45, 2.75) is 0 Å². The lowest BCUT2D eigenvalue weighted by atomic mass is 10.1. The van der Waals surface area contributed by atoms with Crippen LogP contribution in [0.15, 0.2) is 127 Å². The summed E-state index contributed by atoms with van der Waals surface area (Å²) < 4.78 is 6.97. The van der Waals surface area contributed by atoms with Gasteiger partial charge in [-0.2, -0.15) is 0 Å². The van der Waals surface area contributed by atoms with Gasteiger partial charge in [0.15, 0.2) is 11.3 Å². The number of aromatic nitrogens is 5. The van der Waals surface area contributed by atoms with Gasteiger partial charge < -0.3 is 0 Å². The number of imidazole rings is 2. The van der Waals surface area contributed by atoms with Crippen LogP contribution >= 0.6 is 0 Å². The van der Waals surface area contributed by atoms with Crippen LogP contribution in [0.5, 0.6) is 0 Å². The minimum absolute atomic E-state index is 0.850. The molecule has 0 saturated heterocycles. The zero-order valence-electron chi connectivity index (χ0n) is 20.9. The number of benzene rings is 5. The highest BCUT2D eigenvalue weighted by molar-refractivity contribution is 6.11. The third kappa shape index (κ3) is 2.73. The van der Waals surface area contributed by atoms with Crippen LogP contribution in [0.2, 0.25) is 0 Å². The molecule has 0 spiro atoms. The average molecular weight is 500 g/mol. The highest BCUT2D eigenvalue weighted by Crippen LogP contribution is 2.38. The van der Waals surface area contributed by atoms with Gasteiger partial charge in [0.25, 0.3) is 0 Å². The van der Waals surface area contributed by atoms with Crippen molar-refractivity contribution in [2.24, 2.45) is 0 Å². The fourth-order valence-corrected chi connectivity index (χ4v) is 6.14. The molecule has 39 heavy (non-hydrogen) atoms. The van der Waals surface area contributed by atoms with Gasteiger partial charge in [0.2, 0.25) is 0 Å². The van der Waals surface area contributed by atoms with Gasteiger partial charge in [-0.15, -0.1) is 0 Å². The van der Waals surface area contributed by atoms with Crippen molar-refractivity contribution in [1.82, 2.24) is 23.3 Å². The zero-order valence-corrected chi connectivity index (χ0v) is 20.9. The first-order valence-electron chi connectivity index (χ1n) is 13.1. The third-order valence-corrected chi connectivity index (χ3v) is 7.79. The van der Waals surface area contributed by atoms with E-state index in [0.717, 1.165) is 55.7 Å². The molecule has 4 aromatic heterocycles. The lowest BCUT2D eigenvalue weighted by molar-refractivity contribution is 1.09. The summed E-state index contributed by atoms with van der Waals surface area (Å²) in [7, 11) is 0. The first-order chi connectivity index (χ1) is 19.4. The molecule has 0 fully saturated rings. The number of rotatable bonds is 2. The van der Waals surface area contributed by atoms with Crippen LogP contribution in [0.4, 0.5) is 0 Å². The lowest BCUT2D eigenvalue weighted by Crippen LogP contribution is -2.02. The van der Waals surface area contributed by atoms with E-state index in [1.54, 1.807) is 0 Å². The van der Waals surface area contributed by atoms with E-state index in [0.29, 0.717) is 0 Å². The quantitative estimate of drug-likeness (QED) is 0.241. The van der Waals surface area contributed by atoms with Crippen LogP contribution < -0.4 is 0 Å². The molecule has 0 amide bonds. The first kappa shape index (κ1) is 20.6. The molecule has 0 aliphatic rings. The summed E-state index contributed by atoms with van der Waals surface area (Å²) in [6.45, 7) is 0. The molecule has 0 N–H and O–H groups in total. The topological polar surface area (TPSA) is 39.5 Å². The Hall–Kier alpha value is -5.42. The Bertz CT molecular complexity index is 2390. The molecule has 5 nitrogen and oxygen atoms in total. The Morgan fingerprint density at radius 3 is 1.82 bits per heavy atom. The molecule has 5 heteroatoms. The van der Waals surface area contributed by atoms with Gasteiger partial charge in [-0.3, -0.25) is 13.4 Å². The van der Waals surface area contributed by atoms with Crippen LogP contribution in [0.1, 0.15) is 0 Å². The Kier molecular flexibility index (Phi) is 3.99. The standard InChI is InChI=1S/C34H21N5/c1-2-11-22(12-3-1)23-13-10-14-24(21-23)37-28-18-7-4-15-25(28)31-34(37)39-30-20-9-6-17-27(30)36-33(39)32-35-26-16-5-8-19-29(26)38(31)32/h1-21H. The van der Waals surface area contributed by atoms with E-state index < -0.39 is 0 Å². The van der Waals surface area contributed by atoms with Crippen LogP contribution in [0.25, 0.3) is 72.2 Å². The van der Waals surface area contributed by atoms with E-state index in [1.807, 2.05) is 12.1 Å². The maximum atomic E-state index is 5.13. The molecule has 0 unspecified atom stereocenters. The summed E-state index contributed by atoms with van der Waals surface area (Å²) >= 11 is 0. The van der Waals surface area contributed by atoms with Crippen LogP contribution in [-0.4, -0.2) is 23.3 Å². The van der Waals surface area contributed by atoms with E-state index in [2.05, 4.69) is 129 Å². The number of para-hydroxylation sites is 5. The van der Waals surface area contributed by atoms with Gasteiger partial charge in [-0.25, -0.2) is 9.97 Å². The summed E-state index contributed by atoms with van der Waals surface area (Å²) in [4.78, 5) is 10.2. The predicted molar refractivity (Wildman–Crippen MR) is 159 cm³/mol. The van der Waals surface area contributed by atoms with Crippen LogP contribution in [0.3, 0.4) is 0 Å². The summed E-state index contributed by atoms with van der Waals surface area (Å²) in [6.07, 6.45) is 0. The van der Waals surface area contributed by atoms with E-state index in [9.17, 15) is 0 Å². The molecule has 9 aromatic rings. The largest absolute Gasteiger partial charge is 0.294 e. The molecular formula is C34H21N5. The van der Waals surface area contributed by atoms with Crippen molar-refractivity contribution < 1.29 is 0 Å². The van der Waals surface area contributed by atoms with Crippen LogP contribution in [0, 0.1) is 0 Å². The fraction of sp³-hybridized carbons (Fsp3) is 0. The normalized spacial score (nSPS) is 12.1. The average Bonchev–Trinajstić information content (AvgIpc) is 3.67. The molecule has 0 saturated carbocycles. The molecule has 0 bridgehead atoms. The monoisotopic (exact) mass is 499 g/mol.